The lowest BCUT2D eigenvalue weighted by molar-refractivity contribution is 0.518. The van der Waals surface area contributed by atoms with E-state index in [1.807, 2.05) is 30.5 Å². The fourth-order valence-corrected chi connectivity index (χ4v) is 3.19. The summed E-state index contributed by atoms with van der Waals surface area (Å²) >= 11 is 1.91. The lowest BCUT2D eigenvalue weighted by Gasteiger charge is -2.17. The molecule has 2 heterocycles. The van der Waals surface area contributed by atoms with Gasteiger partial charge < -0.3 is 5.32 Å². The Morgan fingerprint density at radius 1 is 1.20 bits per heavy atom. The van der Waals surface area contributed by atoms with Gasteiger partial charge in [-0.2, -0.15) is 0 Å². The van der Waals surface area contributed by atoms with Gasteiger partial charge in [0.1, 0.15) is 5.82 Å². The molecule has 0 spiro atoms. The Labute approximate surface area is 125 Å². The molecule has 0 radical (unpaired) electrons. The van der Waals surface area contributed by atoms with Crippen LogP contribution in [-0.4, -0.2) is 16.5 Å². The van der Waals surface area contributed by atoms with Gasteiger partial charge in [-0.1, -0.05) is 13.8 Å². The molecule has 1 unspecified atom stereocenters. The van der Waals surface area contributed by atoms with Gasteiger partial charge in [0.25, 0.3) is 0 Å². The van der Waals surface area contributed by atoms with E-state index in [1.54, 1.807) is 0 Å². The molecule has 0 aliphatic rings. The van der Waals surface area contributed by atoms with E-state index in [0.29, 0.717) is 0 Å². The van der Waals surface area contributed by atoms with Crippen molar-refractivity contribution >= 4 is 11.3 Å². The van der Waals surface area contributed by atoms with E-state index in [1.165, 1.54) is 9.75 Å². The van der Waals surface area contributed by atoms with E-state index in [2.05, 4.69) is 41.3 Å². The molecule has 108 valence electrons. The van der Waals surface area contributed by atoms with Gasteiger partial charge >= 0.3 is 0 Å². The molecule has 0 bridgehead atoms. The molecule has 4 heteroatoms. The molecule has 0 saturated heterocycles. The van der Waals surface area contributed by atoms with Gasteiger partial charge in [0.15, 0.2) is 0 Å². The Morgan fingerprint density at radius 3 is 2.65 bits per heavy atom. The van der Waals surface area contributed by atoms with Crippen molar-refractivity contribution in [3.05, 3.63) is 45.7 Å². The number of thiophene rings is 1. The summed E-state index contributed by atoms with van der Waals surface area (Å²) in [6.45, 7) is 7.35. The quantitative estimate of drug-likeness (QED) is 0.844. The van der Waals surface area contributed by atoms with Gasteiger partial charge in [0.2, 0.25) is 0 Å². The predicted octanol–water partition coefficient (Wildman–Crippen LogP) is 3.69. The first-order valence-corrected chi connectivity index (χ1v) is 8.15. The maximum absolute atomic E-state index is 4.58. The summed E-state index contributed by atoms with van der Waals surface area (Å²) in [5, 5.41) is 3.61. The highest BCUT2D eigenvalue weighted by atomic mass is 32.1. The molecule has 0 amide bonds. The summed E-state index contributed by atoms with van der Waals surface area (Å²) < 4.78 is 0. The van der Waals surface area contributed by atoms with Gasteiger partial charge in [-0.15, -0.1) is 11.3 Å². The Kier molecular flexibility index (Phi) is 5.68. The van der Waals surface area contributed by atoms with Crippen LogP contribution in [0.1, 0.15) is 47.6 Å². The zero-order valence-electron chi connectivity index (χ0n) is 12.5. The second-order valence-electron chi connectivity index (χ2n) is 4.96. The van der Waals surface area contributed by atoms with Crippen LogP contribution in [0.2, 0.25) is 0 Å². The molecule has 2 aromatic rings. The number of nitrogens with zero attached hydrogens (tertiary/aromatic N) is 2. The van der Waals surface area contributed by atoms with Crippen LogP contribution in [-0.2, 0) is 12.8 Å². The minimum absolute atomic E-state index is 0.278. The minimum Gasteiger partial charge on any atom is -0.308 e. The van der Waals surface area contributed by atoms with Crippen molar-refractivity contribution in [2.45, 2.75) is 46.1 Å². The second kappa shape index (κ2) is 7.50. The second-order valence-corrected chi connectivity index (χ2v) is 6.21. The predicted molar refractivity (Wildman–Crippen MR) is 85.2 cm³/mol. The molecule has 1 N–H and O–H groups in total. The van der Waals surface area contributed by atoms with E-state index in [0.717, 1.165) is 37.3 Å². The van der Waals surface area contributed by atoms with E-state index in [4.69, 9.17) is 0 Å². The summed E-state index contributed by atoms with van der Waals surface area (Å²) in [5.74, 6) is 0.839. The maximum atomic E-state index is 4.58. The van der Waals surface area contributed by atoms with Crippen LogP contribution in [0.15, 0.2) is 24.4 Å². The molecule has 3 nitrogen and oxygen atoms in total. The van der Waals surface area contributed by atoms with Crippen LogP contribution in [0.3, 0.4) is 0 Å². The molecule has 0 aliphatic carbocycles. The topological polar surface area (TPSA) is 37.8 Å². The van der Waals surface area contributed by atoms with Gasteiger partial charge in [-0.3, -0.25) is 0 Å². The van der Waals surface area contributed by atoms with Crippen LogP contribution in [0, 0.1) is 6.92 Å². The van der Waals surface area contributed by atoms with Crippen LogP contribution in [0.5, 0.6) is 0 Å². The zero-order chi connectivity index (χ0) is 14.4. The SMILES string of the molecule is CCCNC(Cc1ccc(CC)s1)c1ccnc(C)n1. The molecule has 2 rings (SSSR count). The van der Waals surface area contributed by atoms with Gasteiger partial charge in [0.05, 0.1) is 11.7 Å². The Morgan fingerprint density at radius 2 is 2.00 bits per heavy atom. The smallest absolute Gasteiger partial charge is 0.125 e. The van der Waals surface area contributed by atoms with Crippen LogP contribution >= 0.6 is 11.3 Å². The highest BCUT2D eigenvalue weighted by Crippen LogP contribution is 2.23. The molecule has 0 fully saturated rings. The first-order valence-electron chi connectivity index (χ1n) is 7.33. The number of hydrogen-bond acceptors (Lipinski definition) is 4. The highest BCUT2D eigenvalue weighted by molar-refractivity contribution is 7.11. The van der Waals surface area contributed by atoms with Crippen LogP contribution in [0.4, 0.5) is 0 Å². The normalized spacial score (nSPS) is 12.6. The summed E-state index contributed by atoms with van der Waals surface area (Å²) in [7, 11) is 0. The minimum atomic E-state index is 0.278. The molecule has 20 heavy (non-hydrogen) atoms. The van der Waals surface area contributed by atoms with Gasteiger partial charge in [-0.05, 0) is 44.5 Å². The summed E-state index contributed by atoms with van der Waals surface area (Å²) in [6, 6.07) is 6.79. The maximum Gasteiger partial charge on any atom is 0.125 e. The third kappa shape index (κ3) is 4.12. The van der Waals surface area contributed by atoms with Crippen molar-refractivity contribution < 1.29 is 0 Å². The summed E-state index contributed by atoms with van der Waals surface area (Å²) in [5.41, 5.74) is 1.09. The first kappa shape index (κ1) is 15.1. The fourth-order valence-electron chi connectivity index (χ4n) is 2.19. The Balaban J connectivity index is 2.14. The van der Waals surface area contributed by atoms with E-state index >= 15 is 0 Å². The van der Waals surface area contributed by atoms with Crippen LogP contribution < -0.4 is 5.32 Å². The van der Waals surface area contributed by atoms with Gasteiger partial charge in [-0.25, -0.2) is 9.97 Å². The number of aryl methyl sites for hydroxylation is 2. The average molecular weight is 289 g/mol. The fraction of sp³-hybridized carbons (Fsp3) is 0.500. The molecule has 2 aromatic heterocycles. The van der Waals surface area contributed by atoms with Crippen molar-refractivity contribution in [3.8, 4) is 0 Å². The van der Waals surface area contributed by atoms with E-state index in [9.17, 15) is 0 Å². The lowest BCUT2D eigenvalue weighted by atomic mass is 10.1. The first-order chi connectivity index (χ1) is 9.72. The number of nitrogens with one attached hydrogen (secondary N) is 1. The molecular weight excluding hydrogens is 266 g/mol. The standard InChI is InChI=1S/C16H23N3S/c1-4-9-18-16(15-8-10-17-12(3)19-15)11-14-7-6-13(5-2)20-14/h6-8,10,16,18H,4-5,9,11H2,1-3H3. The van der Waals surface area contributed by atoms with Crippen molar-refractivity contribution in [1.82, 2.24) is 15.3 Å². The van der Waals surface area contributed by atoms with Crippen molar-refractivity contribution in [2.24, 2.45) is 0 Å². The summed E-state index contributed by atoms with van der Waals surface area (Å²) in [6.07, 6.45) is 5.10. The van der Waals surface area contributed by atoms with E-state index < -0.39 is 0 Å². The zero-order valence-corrected chi connectivity index (χ0v) is 13.3. The highest BCUT2D eigenvalue weighted by Gasteiger charge is 2.14. The largest absolute Gasteiger partial charge is 0.308 e. The average Bonchev–Trinajstić information content (AvgIpc) is 2.91. The van der Waals surface area contributed by atoms with Crippen molar-refractivity contribution in [1.29, 1.82) is 0 Å². The molecule has 0 saturated carbocycles. The van der Waals surface area contributed by atoms with Crippen molar-refractivity contribution in [2.75, 3.05) is 6.54 Å². The lowest BCUT2D eigenvalue weighted by Crippen LogP contribution is -2.25. The third-order valence-corrected chi connectivity index (χ3v) is 4.52. The molecule has 0 aromatic carbocycles. The molecule has 0 aliphatic heterocycles. The van der Waals surface area contributed by atoms with Gasteiger partial charge in [0, 0.05) is 22.4 Å². The summed E-state index contributed by atoms with van der Waals surface area (Å²) in [4.78, 5) is 11.6. The number of rotatable bonds is 7. The number of aromatic nitrogens is 2. The monoisotopic (exact) mass is 289 g/mol. The third-order valence-electron chi connectivity index (χ3n) is 3.27. The molecular formula is C16H23N3S. The number of hydrogen-bond donors (Lipinski definition) is 1. The Bertz CT molecular complexity index is 536. The van der Waals surface area contributed by atoms with Crippen molar-refractivity contribution in [3.63, 3.8) is 0 Å². The molecule has 1 atom stereocenters. The van der Waals surface area contributed by atoms with E-state index in [-0.39, 0.29) is 6.04 Å². The Hall–Kier alpha value is -1.26. The van der Waals surface area contributed by atoms with Crippen LogP contribution in [0.25, 0.3) is 0 Å².